The lowest BCUT2D eigenvalue weighted by molar-refractivity contribution is 0.0752. The third-order valence-electron chi connectivity index (χ3n) is 9.05. The van der Waals surface area contributed by atoms with Crippen molar-refractivity contribution in [3.05, 3.63) is 65.7 Å². The smallest absolute Gasteiger partial charge is 0.228 e. The minimum atomic E-state index is -0.672. The first kappa shape index (κ1) is 27.7. The fraction of sp³-hybridized carbons (Fsp3) is 0.500. The first-order chi connectivity index (χ1) is 18.9. The quantitative estimate of drug-likeness (QED) is 0.261. The van der Waals surface area contributed by atoms with E-state index in [-0.39, 0.29) is 5.41 Å². The fourth-order valence-corrected chi connectivity index (χ4v) is 6.44. The summed E-state index contributed by atoms with van der Waals surface area (Å²) in [5.74, 6) is 0.944. The van der Waals surface area contributed by atoms with E-state index in [1.165, 1.54) is 22.2 Å². The second-order valence-corrected chi connectivity index (χ2v) is 11.5. The molecule has 0 saturated heterocycles. The SMILES string of the molecule is CCCCN1c2ccccc2C(C)(C)C12C=Nc1c(c(CN(CC)CCN(CC)CC)cc3ccccc13)O2. The van der Waals surface area contributed by atoms with E-state index in [1.54, 1.807) is 0 Å². The molecule has 5 rings (SSSR count). The van der Waals surface area contributed by atoms with Gasteiger partial charge in [0.05, 0.1) is 11.6 Å². The highest BCUT2D eigenvalue weighted by atomic mass is 16.5. The lowest BCUT2D eigenvalue weighted by atomic mass is 9.77. The molecule has 0 aromatic heterocycles. The molecule has 0 N–H and O–H groups in total. The molecule has 1 spiro atoms. The van der Waals surface area contributed by atoms with Crippen LogP contribution in [0.4, 0.5) is 11.4 Å². The molecule has 1 unspecified atom stereocenters. The third-order valence-corrected chi connectivity index (χ3v) is 9.05. The maximum Gasteiger partial charge on any atom is 0.228 e. The standard InChI is InChI=1S/C34H46N4O/c1-7-11-20-38-30-19-15-14-18-29(30)33(5,6)34(38)25-35-31-28-17-13-12-16-26(28)23-27(32(31)39-34)24-37(10-4)22-21-36(8-2)9-3/h12-19,23,25H,7-11,20-22,24H2,1-6H3. The van der Waals surface area contributed by atoms with Crippen molar-refractivity contribution >= 4 is 28.4 Å². The van der Waals surface area contributed by atoms with Crippen LogP contribution in [0.5, 0.6) is 5.75 Å². The van der Waals surface area contributed by atoms with Gasteiger partial charge in [0.1, 0.15) is 5.69 Å². The molecule has 0 radical (unpaired) electrons. The molecular weight excluding hydrogens is 480 g/mol. The number of rotatable bonds is 11. The maximum atomic E-state index is 7.38. The molecule has 5 heteroatoms. The predicted octanol–water partition coefficient (Wildman–Crippen LogP) is 7.39. The van der Waals surface area contributed by atoms with Gasteiger partial charge in [0.2, 0.25) is 5.72 Å². The molecule has 3 aromatic rings. The Morgan fingerprint density at radius 2 is 1.56 bits per heavy atom. The summed E-state index contributed by atoms with van der Waals surface area (Å²) in [4.78, 5) is 12.8. The number of hydrogen-bond acceptors (Lipinski definition) is 5. The number of anilines is 1. The molecule has 2 aliphatic heterocycles. The Balaban J connectivity index is 1.60. The number of ether oxygens (including phenoxy) is 1. The topological polar surface area (TPSA) is 31.3 Å². The molecule has 0 bridgehead atoms. The van der Waals surface area contributed by atoms with Crippen molar-refractivity contribution in [3.8, 4) is 5.75 Å². The highest BCUT2D eigenvalue weighted by Crippen LogP contribution is 2.55. The van der Waals surface area contributed by atoms with Crippen LogP contribution in [0.15, 0.2) is 59.6 Å². The number of unbranched alkanes of at least 4 members (excludes halogenated alkanes) is 1. The third kappa shape index (κ3) is 4.74. The van der Waals surface area contributed by atoms with Crippen LogP contribution in [-0.4, -0.2) is 61.0 Å². The lowest BCUT2D eigenvalue weighted by Gasteiger charge is -2.47. The Hall–Kier alpha value is -2.89. The van der Waals surface area contributed by atoms with E-state index in [0.29, 0.717) is 0 Å². The van der Waals surface area contributed by atoms with Crippen LogP contribution in [0.1, 0.15) is 65.5 Å². The number of hydrogen-bond donors (Lipinski definition) is 0. The summed E-state index contributed by atoms with van der Waals surface area (Å²) < 4.78 is 7.38. The summed E-state index contributed by atoms with van der Waals surface area (Å²) in [7, 11) is 0. The Labute approximate surface area is 235 Å². The zero-order chi connectivity index (χ0) is 27.6. The van der Waals surface area contributed by atoms with Crippen molar-refractivity contribution in [3.63, 3.8) is 0 Å². The number of aliphatic imine (C=N–C) groups is 1. The minimum absolute atomic E-state index is 0.269. The minimum Gasteiger partial charge on any atom is -0.459 e. The van der Waals surface area contributed by atoms with Crippen molar-refractivity contribution < 1.29 is 4.74 Å². The van der Waals surface area contributed by atoms with Crippen LogP contribution in [0, 0.1) is 0 Å². The highest BCUT2D eigenvalue weighted by Gasteiger charge is 2.59. The number of likely N-dealkylation sites (N-methyl/N-ethyl adjacent to an activating group) is 2. The molecule has 0 saturated carbocycles. The van der Waals surface area contributed by atoms with Gasteiger partial charge in [-0.3, -0.25) is 9.89 Å². The van der Waals surface area contributed by atoms with E-state index in [2.05, 4.69) is 117 Å². The van der Waals surface area contributed by atoms with E-state index in [9.17, 15) is 0 Å². The Morgan fingerprint density at radius 3 is 2.31 bits per heavy atom. The highest BCUT2D eigenvalue weighted by molar-refractivity contribution is 6.00. The van der Waals surface area contributed by atoms with Gasteiger partial charge in [0.25, 0.3) is 0 Å². The van der Waals surface area contributed by atoms with E-state index >= 15 is 0 Å². The number of benzene rings is 3. The van der Waals surface area contributed by atoms with Gasteiger partial charge < -0.3 is 14.5 Å². The van der Waals surface area contributed by atoms with E-state index in [4.69, 9.17) is 9.73 Å². The molecule has 1 atom stereocenters. The number of para-hydroxylation sites is 1. The van der Waals surface area contributed by atoms with Gasteiger partial charge in [-0.05, 0) is 63.0 Å². The van der Waals surface area contributed by atoms with Crippen LogP contribution < -0.4 is 9.64 Å². The first-order valence-electron chi connectivity index (χ1n) is 15.0. The van der Waals surface area contributed by atoms with E-state index < -0.39 is 5.72 Å². The van der Waals surface area contributed by atoms with Gasteiger partial charge in [-0.2, -0.15) is 0 Å². The van der Waals surface area contributed by atoms with Crippen LogP contribution in [0.25, 0.3) is 10.8 Å². The summed E-state index contributed by atoms with van der Waals surface area (Å²) >= 11 is 0. The Bertz CT molecular complexity index is 1330. The Morgan fingerprint density at radius 1 is 0.872 bits per heavy atom. The van der Waals surface area contributed by atoms with Crippen LogP contribution in [0.2, 0.25) is 0 Å². The van der Waals surface area contributed by atoms with Crippen molar-refractivity contribution in [2.24, 2.45) is 4.99 Å². The van der Waals surface area contributed by atoms with Gasteiger partial charge in [0.15, 0.2) is 5.75 Å². The summed E-state index contributed by atoms with van der Waals surface area (Å²) in [6.45, 7) is 20.7. The number of nitrogens with zero attached hydrogens (tertiary/aromatic N) is 4. The molecule has 0 fully saturated rings. The van der Waals surface area contributed by atoms with E-state index in [1.807, 2.05) is 0 Å². The summed E-state index contributed by atoms with van der Waals surface area (Å²) in [5, 5.41) is 2.38. The molecular formula is C34H46N4O. The Kier molecular flexibility index (Phi) is 8.02. The van der Waals surface area contributed by atoms with Crippen molar-refractivity contribution in [1.82, 2.24) is 9.80 Å². The van der Waals surface area contributed by atoms with Crippen LogP contribution in [-0.2, 0) is 12.0 Å². The van der Waals surface area contributed by atoms with Crippen molar-refractivity contribution in [2.75, 3.05) is 44.2 Å². The largest absolute Gasteiger partial charge is 0.459 e. The predicted molar refractivity (Wildman–Crippen MR) is 166 cm³/mol. The second-order valence-electron chi connectivity index (χ2n) is 11.5. The lowest BCUT2D eigenvalue weighted by Crippen LogP contribution is -2.62. The molecule has 2 heterocycles. The van der Waals surface area contributed by atoms with Gasteiger partial charge in [-0.15, -0.1) is 0 Å². The summed E-state index contributed by atoms with van der Waals surface area (Å²) in [6.07, 6.45) is 4.35. The monoisotopic (exact) mass is 526 g/mol. The maximum absolute atomic E-state index is 7.38. The zero-order valence-corrected chi connectivity index (χ0v) is 24.8. The summed E-state index contributed by atoms with van der Waals surface area (Å²) in [5.41, 5.74) is 3.85. The van der Waals surface area contributed by atoms with Gasteiger partial charge in [0, 0.05) is 42.8 Å². The van der Waals surface area contributed by atoms with Gasteiger partial charge >= 0.3 is 0 Å². The molecule has 208 valence electrons. The average Bonchev–Trinajstić information content (AvgIpc) is 3.14. The van der Waals surface area contributed by atoms with Crippen LogP contribution in [0.3, 0.4) is 0 Å². The van der Waals surface area contributed by atoms with Crippen molar-refractivity contribution in [2.45, 2.75) is 72.1 Å². The fourth-order valence-electron chi connectivity index (χ4n) is 6.44. The van der Waals surface area contributed by atoms with Crippen molar-refractivity contribution in [1.29, 1.82) is 0 Å². The molecule has 3 aromatic carbocycles. The molecule has 2 aliphatic rings. The second kappa shape index (κ2) is 11.3. The first-order valence-corrected chi connectivity index (χ1v) is 15.0. The molecule has 39 heavy (non-hydrogen) atoms. The molecule has 0 aliphatic carbocycles. The molecule has 0 amide bonds. The van der Waals surface area contributed by atoms with E-state index in [0.717, 1.165) is 75.5 Å². The molecule has 5 nitrogen and oxygen atoms in total. The zero-order valence-electron chi connectivity index (χ0n) is 24.8. The van der Waals surface area contributed by atoms with Gasteiger partial charge in [-0.1, -0.05) is 76.6 Å². The summed E-state index contributed by atoms with van der Waals surface area (Å²) in [6, 6.07) is 19.8. The average molecular weight is 527 g/mol. The normalized spacial score (nSPS) is 19.2. The number of fused-ring (bicyclic) bond motifs is 4. The van der Waals surface area contributed by atoms with Crippen LogP contribution >= 0.6 is 0 Å². The van der Waals surface area contributed by atoms with Gasteiger partial charge in [-0.25, -0.2) is 0 Å².